The molecule has 2 rings (SSSR count). The molecule has 1 aromatic rings. The number of benzene rings is 1. The molecule has 0 radical (unpaired) electrons. The highest BCUT2D eigenvalue weighted by Crippen LogP contribution is 2.32. The summed E-state index contributed by atoms with van der Waals surface area (Å²) in [4.78, 5) is 16.2. The number of amides is 1. The fourth-order valence-electron chi connectivity index (χ4n) is 2.96. The molecule has 1 aliphatic rings. The van der Waals surface area contributed by atoms with Gasteiger partial charge in [-0.25, -0.2) is 0 Å². The highest BCUT2D eigenvalue weighted by Gasteiger charge is 2.24. The van der Waals surface area contributed by atoms with Crippen molar-refractivity contribution in [3.05, 3.63) is 23.8 Å². The first-order valence-electron chi connectivity index (χ1n) is 8.04. The van der Waals surface area contributed by atoms with Crippen molar-refractivity contribution in [1.29, 1.82) is 0 Å². The van der Waals surface area contributed by atoms with Crippen LogP contribution in [0.1, 0.15) is 24.9 Å². The zero-order valence-electron chi connectivity index (χ0n) is 15.1. The Morgan fingerprint density at radius 2 is 1.72 bits per heavy atom. The number of nitrogens with zero attached hydrogens (tertiary/aromatic N) is 2. The van der Waals surface area contributed by atoms with E-state index in [4.69, 9.17) is 15.2 Å². The van der Waals surface area contributed by atoms with E-state index in [1.54, 1.807) is 14.2 Å². The Morgan fingerprint density at radius 1 is 1.12 bits per heavy atom. The molecule has 1 amide bonds. The molecule has 2 N–H and O–H groups in total. The minimum Gasteiger partial charge on any atom is -0.493 e. The minimum atomic E-state index is 0. The van der Waals surface area contributed by atoms with Crippen LogP contribution in [-0.2, 0) is 4.79 Å². The van der Waals surface area contributed by atoms with Crippen molar-refractivity contribution < 1.29 is 14.3 Å². The number of piperazine rings is 1. The van der Waals surface area contributed by atoms with E-state index in [9.17, 15) is 4.79 Å². The van der Waals surface area contributed by atoms with E-state index < -0.39 is 0 Å². The van der Waals surface area contributed by atoms with Gasteiger partial charge < -0.3 is 20.1 Å². The van der Waals surface area contributed by atoms with E-state index in [1.807, 2.05) is 17.0 Å². The highest BCUT2D eigenvalue weighted by molar-refractivity contribution is 5.85. The third kappa shape index (κ3) is 5.92. The average Bonchev–Trinajstić information content (AvgIpc) is 2.60. The number of methoxy groups -OCH3 is 2. The van der Waals surface area contributed by atoms with Gasteiger partial charge in [0.25, 0.3) is 0 Å². The second kappa shape index (κ2) is 11.4. The van der Waals surface area contributed by atoms with Crippen LogP contribution in [0.5, 0.6) is 11.5 Å². The van der Waals surface area contributed by atoms with E-state index in [2.05, 4.69) is 17.9 Å². The summed E-state index contributed by atoms with van der Waals surface area (Å²) in [5.74, 6) is 1.64. The van der Waals surface area contributed by atoms with Crippen molar-refractivity contribution in [2.75, 3.05) is 46.9 Å². The number of hydrogen-bond acceptors (Lipinski definition) is 5. The molecule has 8 heteroatoms. The third-order valence-corrected chi connectivity index (χ3v) is 4.46. The topological polar surface area (TPSA) is 68.0 Å². The van der Waals surface area contributed by atoms with E-state index in [0.717, 1.165) is 37.7 Å². The lowest BCUT2D eigenvalue weighted by atomic mass is 10.1. The molecule has 1 atom stereocenters. The second-order valence-electron chi connectivity index (χ2n) is 5.75. The predicted molar refractivity (Wildman–Crippen MR) is 104 cm³/mol. The number of rotatable bonds is 6. The Balaban J connectivity index is 0.00000288. The molecular weight excluding hydrogens is 365 g/mol. The van der Waals surface area contributed by atoms with Crippen LogP contribution in [-0.4, -0.2) is 62.7 Å². The maximum atomic E-state index is 11.9. The number of carbonyl (C=O) groups excluding carboxylic acids is 1. The molecule has 6 nitrogen and oxygen atoms in total. The molecule has 1 aliphatic heterocycles. The fourth-order valence-corrected chi connectivity index (χ4v) is 2.96. The normalized spacial score (nSPS) is 15.6. The van der Waals surface area contributed by atoms with Gasteiger partial charge in [0.2, 0.25) is 5.91 Å². The first kappa shape index (κ1) is 23.8. The summed E-state index contributed by atoms with van der Waals surface area (Å²) in [6, 6.07) is 6.29. The summed E-state index contributed by atoms with van der Waals surface area (Å²) < 4.78 is 10.7. The molecule has 1 saturated heterocycles. The lowest BCUT2D eigenvalue weighted by molar-refractivity contribution is -0.133. The van der Waals surface area contributed by atoms with Crippen molar-refractivity contribution in [3.63, 3.8) is 0 Å². The van der Waals surface area contributed by atoms with Gasteiger partial charge in [-0.1, -0.05) is 6.07 Å². The number of carbonyl (C=O) groups is 1. The van der Waals surface area contributed by atoms with Gasteiger partial charge in [0.15, 0.2) is 11.5 Å². The van der Waals surface area contributed by atoms with Gasteiger partial charge >= 0.3 is 0 Å². The zero-order chi connectivity index (χ0) is 16.8. The fraction of sp³-hybridized carbons (Fsp3) is 0.588. The molecule has 0 aliphatic carbocycles. The van der Waals surface area contributed by atoms with Gasteiger partial charge in [-0.3, -0.25) is 9.69 Å². The summed E-state index contributed by atoms with van der Waals surface area (Å²) in [5, 5.41) is 0. The monoisotopic (exact) mass is 393 g/mol. The summed E-state index contributed by atoms with van der Waals surface area (Å²) in [7, 11) is 3.28. The third-order valence-electron chi connectivity index (χ3n) is 4.46. The molecule has 144 valence electrons. The molecule has 1 fully saturated rings. The van der Waals surface area contributed by atoms with Crippen LogP contribution in [0.4, 0.5) is 0 Å². The van der Waals surface area contributed by atoms with Gasteiger partial charge in [-0.15, -0.1) is 24.8 Å². The lowest BCUT2D eigenvalue weighted by Crippen LogP contribution is -2.49. The molecule has 0 saturated carbocycles. The quantitative estimate of drug-likeness (QED) is 0.801. The smallest absolute Gasteiger partial charge is 0.223 e. The van der Waals surface area contributed by atoms with Crippen molar-refractivity contribution in [3.8, 4) is 11.5 Å². The molecule has 1 unspecified atom stereocenters. The first-order valence-corrected chi connectivity index (χ1v) is 8.04. The van der Waals surface area contributed by atoms with Gasteiger partial charge in [0.1, 0.15) is 0 Å². The lowest BCUT2D eigenvalue weighted by Gasteiger charge is -2.38. The molecule has 0 spiro atoms. The Kier molecular flexibility index (Phi) is 10.9. The van der Waals surface area contributed by atoms with E-state index in [-0.39, 0.29) is 36.8 Å². The average molecular weight is 394 g/mol. The summed E-state index contributed by atoms with van der Waals surface area (Å²) in [6.07, 6.45) is 0.436. The number of halogens is 2. The number of hydrogen-bond donors (Lipinski definition) is 1. The maximum absolute atomic E-state index is 11.9. The zero-order valence-corrected chi connectivity index (χ0v) is 16.7. The van der Waals surface area contributed by atoms with Crippen LogP contribution in [0.15, 0.2) is 18.2 Å². The molecular formula is C17H29Cl2N3O3. The van der Waals surface area contributed by atoms with Crippen LogP contribution < -0.4 is 15.2 Å². The van der Waals surface area contributed by atoms with Gasteiger partial charge in [0, 0.05) is 45.2 Å². The maximum Gasteiger partial charge on any atom is 0.223 e. The summed E-state index contributed by atoms with van der Waals surface area (Å²) in [6.45, 7) is 5.85. The number of nitrogens with two attached hydrogens (primary N) is 1. The van der Waals surface area contributed by atoms with Gasteiger partial charge in [-0.2, -0.15) is 0 Å². The Labute approximate surface area is 162 Å². The van der Waals surface area contributed by atoms with Crippen LogP contribution in [0.25, 0.3) is 0 Å². The standard InChI is InChI=1S/C17H27N3O3.2ClH/c1-13(14-4-5-15(22-2)16(12-14)23-3)19-8-10-20(11-9-19)17(21)6-7-18;;/h4-5,12-13H,6-11,18H2,1-3H3;2*1H. The van der Waals surface area contributed by atoms with Crippen molar-refractivity contribution in [1.82, 2.24) is 9.80 Å². The van der Waals surface area contributed by atoms with Crippen molar-refractivity contribution >= 4 is 30.7 Å². The number of ether oxygens (including phenoxy) is 2. The van der Waals surface area contributed by atoms with Crippen LogP contribution in [0.3, 0.4) is 0 Å². The largest absolute Gasteiger partial charge is 0.493 e. The summed E-state index contributed by atoms with van der Waals surface area (Å²) in [5.41, 5.74) is 6.64. The molecule has 25 heavy (non-hydrogen) atoms. The van der Waals surface area contributed by atoms with E-state index in [1.165, 1.54) is 5.56 Å². The Bertz CT molecular complexity index is 538. The molecule has 0 aromatic heterocycles. The Morgan fingerprint density at radius 3 is 2.24 bits per heavy atom. The minimum absolute atomic E-state index is 0. The molecule has 0 bridgehead atoms. The predicted octanol–water partition coefficient (Wildman–Crippen LogP) is 2.10. The summed E-state index contributed by atoms with van der Waals surface area (Å²) >= 11 is 0. The highest BCUT2D eigenvalue weighted by atomic mass is 35.5. The van der Waals surface area contributed by atoms with Crippen molar-refractivity contribution in [2.24, 2.45) is 5.73 Å². The van der Waals surface area contributed by atoms with Crippen LogP contribution in [0.2, 0.25) is 0 Å². The SMILES string of the molecule is COc1ccc(C(C)N2CCN(C(=O)CCN)CC2)cc1OC.Cl.Cl. The van der Waals surface area contributed by atoms with E-state index >= 15 is 0 Å². The first-order chi connectivity index (χ1) is 11.1. The van der Waals surface area contributed by atoms with E-state index in [0.29, 0.717) is 13.0 Å². The van der Waals surface area contributed by atoms with Gasteiger partial charge in [-0.05, 0) is 24.6 Å². The molecule has 1 heterocycles. The van der Waals surface area contributed by atoms with Crippen LogP contribution >= 0.6 is 24.8 Å². The second-order valence-corrected chi connectivity index (χ2v) is 5.75. The van der Waals surface area contributed by atoms with Crippen LogP contribution in [0, 0.1) is 0 Å². The molecule has 1 aromatic carbocycles. The van der Waals surface area contributed by atoms with Crippen molar-refractivity contribution in [2.45, 2.75) is 19.4 Å². The Hall–Kier alpha value is -1.21. The van der Waals surface area contributed by atoms with Gasteiger partial charge in [0.05, 0.1) is 14.2 Å².